The van der Waals surface area contributed by atoms with Crippen LogP contribution in [0.3, 0.4) is 0 Å². The van der Waals surface area contributed by atoms with E-state index in [1.54, 1.807) is 16.2 Å². The maximum absolute atomic E-state index is 12.2. The van der Waals surface area contributed by atoms with Gasteiger partial charge >= 0.3 is 0 Å². The first-order valence-corrected chi connectivity index (χ1v) is 8.36. The molecule has 0 fully saturated rings. The van der Waals surface area contributed by atoms with Crippen molar-refractivity contribution >= 4 is 17.2 Å². The van der Waals surface area contributed by atoms with Gasteiger partial charge in [0.1, 0.15) is 0 Å². The number of nitrogens with zero attached hydrogens (tertiary/aromatic N) is 3. The van der Waals surface area contributed by atoms with Crippen LogP contribution in [0.4, 0.5) is 0 Å². The Morgan fingerprint density at radius 3 is 2.86 bits per heavy atom. The largest absolute Gasteiger partial charge is 0.340 e. The van der Waals surface area contributed by atoms with Crippen molar-refractivity contribution in [3.63, 3.8) is 0 Å². The molecule has 2 heterocycles. The molecule has 0 aromatic carbocycles. The van der Waals surface area contributed by atoms with E-state index < -0.39 is 0 Å². The van der Waals surface area contributed by atoms with Gasteiger partial charge in [-0.15, -0.1) is 11.3 Å². The number of amides is 1. The molecule has 6 heteroatoms. The number of aromatic nitrogens is 2. The molecule has 0 aliphatic heterocycles. The second-order valence-corrected chi connectivity index (χ2v) is 6.77. The molecule has 0 spiro atoms. The summed E-state index contributed by atoms with van der Waals surface area (Å²) in [6, 6.07) is 4.42. The van der Waals surface area contributed by atoms with Crippen LogP contribution in [-0.2, 0) is 11.3 Å². The molecule has 22 heavy (non-hydrogen) atoms. The van der Waals surface area contributed by atoms with Gasteiger partial charge in [-0.3, -0.25) is 9.48 Å². The van der Waals surface area contributed by atoms with Crippen LogP contribution in [0.15, 0.2) is 29.9 Å². The predicted molar refractivity (Wildman–Crippen MR) is 89.9 cm³/mol. The third-order valence-corrected chi connectivity index (χ3v) is 4.71. The monoisotopic (exact) mass is 320 g/mol. The predicted octanol–water partition coefficient (Wildman–Crippen LogP) is 2.45. The number of thiophene rings is 1. The molecule has 5 nitrogen and oxygen atoms in total. The maximum Gasteiger partial charge on any atom is 0.236 e. The third kappa shape index (κ3) is 4.42. The number of rotatable bonds is 7. The highest BCUT2D eigenvalue weighted by molar-refractivity contribution is 7.09. The summed E-state index contributed by atoms with van der Waals surface area (Å²) < 4.78 is 1.94. The molecule has 2 rings (SSSR count). The Morgan fingerprint density at radius 2 is 2.27 bits per heavy atom. The van der Waals surface area contributed by atoms with E-state index in [0.29, 0.717) is 13.1 Å². The van der Waals surface area contributed by atoms with Crippen LogP contribution in [0.25, 0.3) is 0 Å². The Bertz CT molecular complexity index is 593. The Labute approximate surface area is 135 Å². The molecule has 0 bridgehead atoms. The molecule has 0 radical (unpaired) electrons. The zero-order valence-electron chi connectivity index (χ0n) is 13.6. The molecule has 2 aromatic heterocycles. The van der Waals surface area contributed by atoms with E-state index in [9.17, 15) is 4.79 Å². The molecule has 0 unspecified atom stereocenters. The van der Waals surface area contributed by atoms with Crippen molar-refractivity contribution in [3.8, 4) is 0 Å². The minimum atomic E-state index is 0.101. The number of likely N-dealkylation sites (N-methyl/N-ethyl adjacent to an activating group) is 1. The molecule has 0 aliphatic rings. The van der Waals surface area contributed by atoms with Gasteiger partial charge in [-0.05, 0) is 37.8 Å². The fourth-order valence-electron chi connectivity index (χ4n) is 2.16. The number of hydrogen-bond donors (Lipinski definition) is 1. The molecule has 0 saturated carbocycles. The van der Waals surface area contributed by atoms with Crippen LogP contribution in [0, 0.1) is 6.92 Å². The van der Waals surface area contributed by atoms with Crippen LogP contribution in [-0.4, -0.2) is 40.2 Å². The van der Waals surface area contributed by atoms with Crippen LogP contribution in [0.1, 0.15) is 30.3 Å². The van der Waals surface area contributed by atoms with Gasteiger partial charge in [0.25, 0.3) is 0 Å². The lowest BCUT2D eigenvalue weighted by molar-refractivity contribution is -0.129. The highest BCUT2D eigenvalue weighted by atomic mass is 32.1. The van der Waals surface area contributed by atoms with Gasteiger partial charge in [-0.1, -0.05) is 6.07 Å². The quantitative estimate of drug-likeness (QED) is 0.852. The van der Waals surface area contributed by atoms with Crippen molar-refractivity contribution in [3.05, 3.63) is 40.3 Å². The maximum atomic E-state index is 12.2. The summed E-state index contributed by atoms with van der Waals surface area (Å²) in [5.74, 6) is 0.101. The van der Waals surface area contributed by atoms with Gasteiger partial charge in [0.15, 0.2) is 0 Å². The number of carbonyl (C=O) groups is 1. The number of carbonyl (C=O) groups excluding carboxylic acids is 1. The molecule has 0 saturated heterocycles. The first kappa shape index (κ1) is 16.7. The summed E-state index contributed by atoms with van der Waals surface area (Å²) in [6.07, 6.45) is 3.87. The second kappa shape index (κ2) is 7.56. The molecule has 2 aromatic rings. The highest BCUT2D eigenvalue weighted by Crippen LogP contribution is 2.12. The van der Waals surface area contributed by atoms with E-state index in [-0.39, 0.29) is 18.0 Å². The summed E-state index contributed by atoms with van der Waals surface area (Å²) in [5, 5.41) is 9.66. The molecule has 0 aliphatic carbocycles. The fraction of sp³-hybridized carbons (Fsp3) is 0.500. The normalized spacial score (nSPS) is 13.8. The molecule has 1 amide bonds. The summed E-state index contributed by atoms with van der Waals surface area (Å²) in [6.45, 7) is 7.21. The average molecular weight is 320 g/mol. The van der Waals surface area contributed by atoms with E-state index in [2.05, 4.69) is 24.3 Å². The molecule has 120 valence electrons. The van der Waals surface area contributed by atoms with Crippen LogP contribution >= 0.6 is 11.3 Å². The lowest BCUT2D eigenvalue weighted by Crippen LogP contribution is -2.41. The van der Waals surface area contributed by atoms with Crippen molar-refractivity contribution in [1.82, 2.24) is 20.0 Å². The lowest BCUT2D eigenvalue weighted by Gasteiger charge is -2.23. The topological polar surface area (TPSA) is 50.2 Å². The summed E-state index contributed by atoms with van der Waals surface area (Å²) in [5.41, 5.74) is 1.14. The number of aryl methyl sites for hydroxylation is 1. The zero-order valence-corrected chi connectivity index (χ0v) is 14.4. The first-order valence-electron chi connectivity index (χ1n) is 7.48. The van der Waals surface area contributed by atoms with Crippen molar-refractivity contribution < 1.29 is 4.79 Å². The number of hydrogen-bond acceptors (Lipinski definition) is 4. The van der Waals surface area contributed by atoms with E-state index in [1.807, 2.05) is 48.6 Å². The minimum Gasteiger partial charge on any atom is -0.340 e. The molecule has 2 atom stereocenters. The zero-order chi connectivity index (χ0) is 16.1. The summed E-state index contributed by atoms with van der Waals surface area (Å²) >= 11 is 1.67. The molecular weight excluding hydrogens is 296 g/mol. The van der Waals surface area contributed by atoms with Crippen molar-refractivity contribution in [2.45, 2.75) is 39.4 Å². The SMILES string of the molecule is Cc1cnn([C@H](C)[C@@H](C)NCC(=O)N(C)Cc2cccs2)c1. The van der Waals surface area contributed by atoms with E-state index in [4.69, 9.17) is 0 Å². The van der Waals surface area contributed by atoms with Crippen molar-refractivity contribution in [1.29, 1.82) is 0 Å². The van der Waals surface area contributed by atoms with E-state index >= 15 is 0 Å². The van der Waals surface area contributed by atoms with Gasteiger partial charge in [0.05, 0.1) is 25.3 Å². The van der Waals surface area contributed by atoms with Crippen LogP contribution in [0.5, 0.6) is 0 Å². The average Bonchev–Trinajstić information content (AvgIpc) is 3.15. The van der Waals surface area contributed by atoms with Gasteiger partial charge in [-0.25, -0.2) is 0 Å². The molecular formula is C16H24N4OS. The van der Waals surface area contributed by atoms with Gasteiger partial charge < -0.3 is 10.2 Å². The van der Waals surface area contributed by atoms with Crippen molar-refractivity contribution in [2.24, 2.45) is 0 Å². The van der Waals surface area contributed by atoms with E-state index in [0.717, 1.165) is 5.56 Å². The van der Waals surface area contributed by atoms with E-state index in [1.165, 1.54) is 4.88 Å². The standard InChI is InChI=1S/C16H24N4OS/c1-12-8-18-20(10-12)14(3)13(2)17-9-16(21)19(4)11-15-6-5-7-22-15/h5-8,10,13-14,17H,9,11H2,1-4H3/t13-,14-/m1/s1. The lowest BCUT2D eigenvalue weighted by atomic mass is 10.1. The van der Waals surface area contributed by atoms with Gasteiger partial charge in [-0.2, -0.15) is 5.10 Å². The summed E-state index contributed by atoms with van der Waals surface area (Å²) in [4.78, 5) is 15.1. The highest BCUT2D eigenvalue weighted by Gasteiger charge is 2.17. The first-order chi connectivity index (χ1) is 10.5. The summed E-state index contributed by atoms with van der Waals surface area (Å²) in [7, 11) is 1.84. The third-order valence-electron chi connectivity index (χ3n) is 3.85. The van der Waals surface area contributed by atoms with Crippen LogP contribution < -0.4 is 5.32 Å². The smallest absolute Gasteiger partial charge is 0.236 e. The Morgan fingerprint density at radius 1 is 1.50 bits per heavy atom. The number of nitrogens with one attached hydrogen (secondary N) is 1. The van der Waals surface area contributed by atoms with Gasteiger partial charge in [0, 0.05) is 24.2 Å². The Kier molecular flexibility index (Phi) is 5.74. The van der Waals surface area contributed by atoms with Crippen LogP contribution in [0.2, 0.25) is 0 Å². The Balaban J connectivity index is 1.79. The van der Waals surface area contributed by atoms with Crippen molar-refractivity contribution in [2.75, 3.05) is 13.6 Å². The Hall–Kier alpha value is -1.66. The van der Waals surface area contributed by atoms with Gasteiger partial charge in [0.2, 0.25) is 5.91 Å². The fourth-order valence-corrected chi connectivity index (χ4v) is 2.92. The molecule has 1 N–H and O–H groups in total. The minimum absolute atomic E-state index is 0.101. The second-order valence-electron chi connectivity index (χ2n) is 5.74.